The smallest absolute Gasteiger partial charge is 0.261 e. The zero-order valence-corrected chi connectivity index (χ0v) is 18.0. The van der Waals surface area contributed by atoms with E-state index in [0.717, 1.165) is 25.7 Å². The summed E-state index contributed by atoms with van der Waals surface area (Å²) in [5.74, 6) is 0.501. The SMILES string of the molecule is CC(C)C(=O)N(CCCCCCN)C(C)c1nc2cc(Cl)ccc2c(=O)n1C. The van der Waals surface area contributed by atoms with Crippen LogP contribution in [0.3, 0.4) is 0 Å². The van der Waals surface area contributed by atoms with E-state index >= 15 is 0 Å². The summed E-state index contributed by atoms with van der Waals surface area (Å²) in [5.41, 5.74) is 5.97. The topological polar surface area (TPSA) is 81.2 Å². The second kappa shape index (κ2) is 10.0. The molecule has 1 heterocycles. The molecular weight excluding hydrogens is 376 g/mol. The zero-order valence-electron chi connectivity index (χ0n) is 17.2. The lowest BCUT2D eigenvalue weighted by Gasteiger charge is -2.31. The van der Waals surface area contributed by atoms with Gasteiger partial charge in [-0.1, -0.05) is 38.3 Å². The number of nitrogens with zero attached hydrogens (tertiary/aromatic N) is 3. The maximum Gasteiger partial charge on any atom is 0.261 e. The Morgan fingerprint density at radius 1 is 1.21 bits per heavy atom. The third-order valence-corrected chi connectivity index (χ3v) is 5.28. The van der Waals surface area contributed by atoms with Crippen LogP contribution in [-0.2, 0) is 11.8 Å². The largest absolute Gasteiger partial charge is 0.333 e. The second-order valence-electron chi connectivity index (χ2n) is 7.56. The molecule has 0 saturated heterocycles. The Morgan fingerprint density at radius 2 is 1.89 bits per heavy atom. The van der Waals surface area contributed by atoms with Gasteiger partial charge in [-0.05, 0) is 44.5 Å². The Labute approximate surface area is 171 Å². The highest BCUT2D eigenvalue weighted by molar-refractivity contribution is 6.31. The molecule has 0 fully saturated rings. The maximum atomic E-state index is 12.9. The van der Waals surface area contributed by atoms with Crippen LogP contribution in [0.4, 0.5) is 0 Å². The van der Waals surface area contributed by atoms with Crippen LogP contribution in [0.25, 0.3) is 10.9 Å². The summed E-state index contributed by atoms with van der Waals surface area (Å²) < 4.78 is 1.54. The van der Waals surface area contributed by atoms with E-state index in [9.17, 15) is 9.59 Å². The first-order chi connectivity index (χ1) is 13.3. The first kappa shape index (κ1) is 22.4. The van der Waals surface area contributed by atoms with E-state index in [1.807, 2.05) is 25.7 Å². The Hall–Kier alpha value is -1.92. The van der Waals surface area contributed by atoms with Gasteiger partial charge in [0.15, 0.2) is 0 Å². The lowest BCUT2D eigenvalue weighted by molar-refractivity contribution is -0.137. The molecule has 1 aromatic heterocycles. The van der Waals surface area contributed by atoms with Crippen molar-refractivity contribution >= 4 is 28.4 Å². The van der Waals surface area contributed by atoms with Gasteiger partial charge in [0.25, 0.3) is 5.56 Å². The zero-order chi connectivity index (χ0) is 20.8. The molecule has 154 valence electrons. The van der Waals surface area contributed by atoms with E-state index in [-0.39, 0.29) is 23.4 Å². The van der Waals surface area contributed by atoms with Crippen molar-refractivity contribution < 1.29 is 4.79 Å². The number of unbranched alkanes of at least 4 members (excludes halogenated alkanes) is 3. The van der Waals surface area contributed by atoms with Crippen molar-refractivity contribution in [1.29, 1.82) is 0 Å². The Morgan fingerprint density at radius 3 is 2.54 bits per heavy atom. The Balaban J connectivity index is 2.36. The molecule has 7 heteroatoms. The first-order valence-corrected chi connectivity index (χ1v) is 10.3. The summed E-state index contributed by atoms with van der Waals surface area (Å²) in [6.07, 6.45) is 3.97. The minimum absolute atomic E-state index is 0.0618. The van der Waals surface area contributed by atoms with Crippen molar-refractivity contribution in [2.24, 2.45) is 18.7 Å². The molecule has 0 aliphatic carbocycles. The van der Waals surface area contributed by atoms with Crippen LogP contribution < -0.4 is 11.3 Å². The number of hydrogen-bond acceptors (Lipinski definition) is 4. The number of benzene rings is 1. The fourth-order valence-electron chi connectivity index (χ4n) is 3.38. The molecule has 1 aromatic carbocycles. The normalized spacial score (nSPS) is 12.5. The molecule has 0 aliphatic rings. The molecule has 2 aromatic rings. The van der Waals surface area contributed by atoms with Crippen LogP contribution in [0.2, 0.25) is 5.02 Å². The van der Waals surface area contributed by atoms with Gasteiger partial charge in [0.05, 0.1) is 16.9 Å². The summed E-state index contributed by atoms with van der Waals surface area (Å²) in [7, 11) is 1.70. The van der Waals surface area contributed by atoms with Crippen molar-refractivity contribution in [3.63, 3.8) is 0 Å². The highest BCUT2D eigenvalue weighted by Crippen LogP contribution is 2.23. The van der Waals surface area contributed by atoms with E-state index in [1.165, 1.54) is 4.57 Å². The van der Waals surface area contributed by atoms with E-state index in [2.05, 4.69) is 4.98 Å². The summed E-state index contributed by atoms with van der Waals surface area (Å²) in [6.45, 7) is 7.04. The number of hydrogen-bond donors (Lipinski definition) is 1. The molecule has 0 radical (unpaired) electrons. The van der Waals surface area contributed by atoms with E-state index in [4.69, 9.17) is 17.3 Å². The predicted octanol–water partition coefficient (Wildman–Crippen LogP) is 3.65. The van der Waals surface area contributed by atoms with Gasteiger partial charge in [-0.25, -0.2) is 4.98 Å². The molecular formula is C21H31ClN4O2. The molecule has 0 aliphatic heterocycles. The van der Waals surface area contributed by atoms with E-state index in [1.54, 1.807) is 25.2 Å². The van der Waals surface area contributed by atoms with Crippen molar-refractivity contribution in [3.05, 3.63) is 39.4 Å². The van der Waals surface area contributed by atoms with Crippen LogP contribution in [0.1, 0.15) is 58.3 Å². The average molecular weight is 407 g/mol. The fourth-order valence-corrected chi connectivity index (χ4v) is 3.55. The van der Waals surface area contributed by atoms with Crippen molar-refractivity contribution in [1.82, 2.24) is 14.5 Å². The minimum atomic E-state index is -0.314. The standard InChI is InChI=1S/C21H31ClN4O2/c1-14(2)20(27)26(12-8-6-5-7-11-23)15(3)19-24-18-13-16(22)9-10-17(18)21(28)25(19)4/h9-10,13-15H,5-8,11-12,23H2,1-4H3. The lowest BCUT2D eigenvalue weighted by Crippen LogP contribution is -2.39. The molecule has 0 spiro atoms. The fraction of sp³-hybridized carbons (Fsp3) is 0.571. The number of aromatic nitrogens is 2. The van der Waals surface area contributed by atoms with Crippen molar-refractivity contribution in [2.45, 2.75) is 52.5 Å². The first-order valence-electron chi connectivity index (χ1n) is 9.94. The monoisotopic (exact) mass is 406 g/mol. The molecule has 1 atom stereocenters. The van der Waals surface area contributed by atoms with Gasteiger partial charge in [-0.15, -0.1) is 0 Å². The predicted molar refractivity (Wildman–Crippen MR) is 114 cm³/mol. The summed E-state index contributed by atoms with van der Waals surface area (Å²) in [6, 6.07) is 4.75. The number of halogens is 1. The Kier molecular flexibility index (Phi) is 8.01. The third kappa shape index (κ3) is 5.11. The number of rotatable bonds is 9. The average Bonchev–Trinajstić information content (AvgIpc) is 2.66. The summed E-state index contributed by atoms with van der Waals surface area (Å²) in [4.78, 5) is 32.2. The van der Waals surface area contributed by atoms with Gasteiger partial charge in [0, 0.05) is 24.5 Å². The molecule has 6 nitrogen and oxygen atoms in total. The number of amides is 1. The van der Waals surface area contributed by atoms with E-state index in [0.29, 0.717) is 34.8 Å². The van der Waals surface area contributed by atoms with E-state index < -0.39 is 0 Å². The molecule has 2 N–H and O–H groups in total. The van der Waals surface area contributed by atoms with Crippen LogP contribution in [0.5, 0.6) is 0 Å². The Bertz CT molecular complexity index is 879. The number of carbonyl (C=O) groups is 1. The lowest BCUT2D eigenvalue weighted by atomic mass is 10.1. The molecule has 0 saturated carbocycles. The number of carbonyl (C=O) groups excluding carboxylic acids is 1. The third-order valence-electron chi connectivity index (χ3n) is 5.04. The van der Waals surface area contributed by atoms with Gasteiger partial charge in [-0.3, -0.25) is 14.2 Å². The van der Waals surface area contributed by atoms with Crippen LogP contribution in [0, 0.1) is 5.92 Å². The highest BCUT2D eigenvalue weighted by Gasteiger charge is 2.26. The van der Waals surface area contributed by atoms with Crippen LogP contribution >= 0.6 is 11.6 Å². The number of fused-ring (bicyclic) bond motifs is 1. The maximum absolute atomic E-state index is 12.9. The second-order valence-corrected chi connectivity index (χ2v) is 8.00. The van der Waals surface area contributed by atoms with Crippen molar-refractivity contribution in [2.75, 3.05) is 13.1 Å². The molecule has 28 heavy (non-hydrogen) atoms. The highest BCUT2D eigenvalue weighted by atomic mass is 35.5. The molecule has 2 rings (SSSR count). The van der Waals surface area contributed by atoms with Gasteiger partial charge in [-0.2, -0.15) is 0 Å². The number of nitrogens with two attached hydrogens (primary N) is 1. The molecule has 1 amide bonds. The molecule has 1 unspecified atom stereocenters. The van der Waals surface area contributed by atoms with Gasteiger partial charge >= 0.3 is 0 Å². The molecule has 0 bridgehead atoms. The van der Waals surface area contributed by atoms with Crippen molar-refractivity contribution in [3.8, 4) is 0 Å². The van der Waals surface area contributed by atoms with Gasteiger partial charge in [0.2, 0.25) is 5.91 Å². The van der Waals surface area contributed by atoms with Gasteiger partial charge < -0.3 is 10.6 Å². The minimum Gasteiger partial charge on any atom is -0.333 e. The van der Waals surface area contributed by atoms with Gasteiger partial charge in [0.1, 0.15) is 5.82 Å². The quantitative estimate of drug-likeness (QED) is 0.644. The van der Waals surface area contributed by atoms with Crippen LogP contribution in [0.15, 0.2) is 23.0 Å². The summed E-state index contributed by atoms with van der Waals surface area (Å²) >= 11 is 6.09. The summed E-state index contributed by atoms with van der Waals surface area (Å²) in [5, 5.41) is 1.05. The van der Waals surface area contributed by atoms with Crippen LogP contribution in [-0.4, -0.2) is 33.4 Å².